The highest BCUT2D eigenvalue weighted by atomic mass is 79.9. The van der Waals surface area contributed by atoms with Gasteiger partial charge >= 0.3 is 0 Å². The minimum absolute atomic E-state index is 0.562. The maximum Gasteiger partial charge on any atom is 0.230 e. The third-order valence-corrected chi connectivity index (χ3v) is 2.88. The van der Waals surface area contributed by atoms with Crippen LogP contribution in [0.3, 0.4) is 0 Å². The molecule has 1 aromatic carbocycles. The van der Waals surface area contributed by atoms with E-state index >= 15 is 0 Å². The molecule has 0 amide bonds. The molecule has 0 saturated carbocycles. The fourth-order valence-corrected chi connectivity index (χ4v) is 1.67. The first-order valence-electron chi connectivity index (χ1n) is 5.47. The predicted molar refractivity (Wildman–Crippen MR) is 76.8 cm³/mol. The monoisotopic (exact) mass is 307 g/mol. The van der Waals surface area contributed by atoms with Gasteiger partial charge in [-0.25, -0.2) is 0 Å². The van der Waals surface area contributed by atoms with Crippen LogP contribution in [0.4, 0.5) is 11.9 Å². The van der Waals surface area contributed by atoms with Crippen LogP contribution in [0.5, 0.6) is 0 Å². The second-order valence-corrected chi connectivity index (χ2v) is 4.85. The molecular weight excluding hydrogens is 294 g/mol. The molecular formula is C12H14BrN5. The summed E-state index contributed by atoms with van der Waals surface area (Å²) in [6, 6.07) is 7.87. The number of hydrogen-bond donors (Lipinski definition) is 1. The van der Waals surface area contributed by atoms with Crippen LogP contribution in [0, 0.1) is 0 Å². The van der Waals surface area contributed by atoms with Crippen molar-refractivity contribution in [1.29, 1.82) is 0 Å². The van der Waals surface area contributed by atoms with Crippen LogP contribution >= 0.6 is 15.9 Å². The largest absolute Gasteiger partial charge is 0.357 e. The summed E-state index contributed by atoms with van der Waals surface area (Å²) in [5, 5.41) is 2.95. The Balaban J connectivity index is 2.49. The summed E-state index contributed by atoms with van der Waals surface area (Å²) >= 11 is 3.41. The Labute approximate surface area is 114 Å². The van der Waals surface area contributed by atoms with Gasteiger partial charge in [-0.2, -0.15) is 15.0 Å². The lowest BCUT2D eigenvalue weighted by Gasteiger charge is -2.12. The van der Waals surface area contributed by atoms with Gasteiger partial charge in [-0.1, -0.05) is 28.1 Å². The molecule has 0 aliphatic carbocycles. The van der Waals surface area contributed by atoms with Crippen molar-refractivity contribution < 1.29 is 0 Å². The molecule has 18 heavy (non-hydrogen) atoms. The van der Waals surface area contributed by atoms with E-state index in [2.05, 4.69) is 36.2 Å². The zero-order chi connectivity index (χ0) is 13.1. The van der Waals surface area contributed by atoms with Crippen molar-refractivity contribution in [3.63, 3.8) is 0 Å². The quantitative estimate of drug-likeness (QED) is 0.943. The molecule has 2 rings (SSSR count). The highest BCUT2D eigenvalue weighted by molar-refractivity contribution is 9.10. The Hall–Kier alpha value is -1.69. The maximum atomic E-state index is 4.43. The van der Waals surface area contributed by atoms with Crippen LogP contribution < -0.4 is 10.2 Å². The van der Waals surface area contributed by atoms with Crippen LogP contribution in [-0.4, -0.2) is 36.1 Å². The van der Waals surface area contributed by atoms with E-state index in [1.807, 2.05) is 43.3 Å². The van der Waals surface area contributed by atoms with Crippen LogP contribution in [0.15, 0.2) is 28.7 Å². The van der Waals surface area contributed by atoms with Crippen molar-refractivity contribution in [2.24, 2.45) is 0 Å². The Bertz CT molecular complexity index is 539. The molecule has 0 saturated heterocycles. The van der Waals surface area contributed by atoms with Gasteiger partial charge in [0.1, 0.15) is 0 Å². The van der Waals surface area contributed by atoms with Crippen molar-refractivity contribution in [3.8, 4) is 11.4 Å². The Kier molecular flexibility index (Phi) is 3.76. The number of hydrogen-bond acceptors (Lipinski definition) is 5. The average Bonchev–Trinajstić information content (AvgIpc) is 2.39. The fraction of sp³-hybridized carbons (Fsp3) is 0.250. The van der Waals surface area contributed by atoms with Crippen molar-refractivity contribution in [3.05, 3.63) is 28.7 Å². The maximum absolute atomic E-state index is 4.43. The molecule has 94 valence electrons. The molecule has 2 aromatic rings. The number of halogens is 1. The SMILES string of the molecule is CNc1nc(-c2ccc(Br)cc2)nc(N(C)C)n1. The lowest BCUT2D eigenvalue weighted by molar-refractivity contribution is 0.963. The zero-order valence-corrected chi connectivity index (χ0v) is 12.1. The van der Waals surface area contributed by atoms with Crippen LogP contribution in [0.25, 0.3) is 11.4 Å². The third kappa shape index (κ3) is 2.76. The Morgan fingerprint density at radius 3 is 2.28 bits per heavy atom. The molecule has 0 spiro atoms. The van der Waals surface area contributed by atoms with Gasteiger partial charge in [-0.05, 0) is 12.1 Å². The molecule has 0 aliphatic heterocycles. The minimum atomic E-state index is 0.562. The predicted octanol–water partition coefficient (Wildman–Crippen LogP) is 2.41. The van der Waals surface area contributed by atoms with E-state index in [4.69, 9.17) is 0 Å². The van der Waals surface area contributed by atoms with Gasteiger partial charge in [0.2, 0.25) is 11.9 Å². The van der Waals surface area contributed by atoms with Gasteiger partial charge < -0.3 is 10.2 Å². The van der Waals surface area contributed by atoms with Gasteiger partial charge in [0, 0.05) is 31.2 Å². The zero-order valence-electron chi connectivity index (χ0n) is 10.5. The first-order chi connectivity index (χ1) is 8.60. The van der Waals surface area contributed by atoms with E-state index in [0.717, 1.165) is 10.0 Å². The molecule has 0 unspecified atom stereocenters. The van der Waals surface area contributed by atoms with Gasteiger partial charge in [-0.15, -0.1) is 0 Å². The van der Waals surface area contributed by atoms with E-state index in [0.29, 0.717) is 17.7 Å². The summed E-state index contributed by atoms with van der Waals surface area (Å²) in [5.74, 6) is 1.85. The normalized spacial score (nSPS) is 10.2. The molecule has 1 aromatic heterocycles. The second kappa shape index (κ2) is 5.30. The van der Waals surface area contributed by atoms with Gasteiger partial charge in [-0.3, -0.25) is 0 Å². The standard InChI is InChI=1S/C12H14BrN5/c1-14-11-15-10(16-12(17-11)18(2)3)8-4-6-9(13)7-5-8/h4-7H,1-3H3,(H,14,15,16,17). The third-order valence-electron chi connectivity index (χ3n) is 2.35. The van der Waals surface area contributed by atoms with Crippen LogP contribution in [0.2, 0.25) is 0 Å². The molecule has 0 fully saturated rings. The molecule has 5 nitrogen and oxygen atoms in total. The summed E-state index contributed by atoms with van der Waals surface area (Å²) in [4.78, 5) is 14.9. The van der Waals surface area contributed by atoms with E-state index < -0.39 is 0 Å². The summed E-state index contributed by atoms with van der Waals surface area (Å²) < 4.78 is 1.03. The highest BCUT2D eigenvalue weighted by Gasteiger charge is 2.08. The van der Waals surface area contributed by atoms with E-state index in [1.54, 1.807) is 7.05 Å². The molecule has 0 radical (unpaired) electrons. The van der Waals surface area contributed by atoms with E-state index in [-0.39, 0.29) is 0 Å². The molecule has 6 heteroatoms. The fourth-order valence-electron chi connectivity index (χ4n) is 1.40. The van der Waals surface area contributed by atoms with Gasteiger partial charge in [0.25, 0.3) is 0 Å². The van der Waals surface area contributed by atoms with Crippen LogP contribution in [-0.2, 0) is 0 Å². The number of benzene rings is 1. The molecule has 1 N–H and O–H groups in total. The van der Waals surface area contributed by atoms with E-state index in [9.17, 15) is 0 Å². The summed E-state index contributed by atoms with van der Waals surface area (Å²) in [5.41, 5.74) is 0.959. The van der Waals surface area contributed by atoms with Crippen molar-refractivity contribution in [2.45, 2.75) is 0 Å². The number of nitrogens with one attached hydrogen (secondary N) is 1. The van der Waals surface area contributed by atoms with Crippen LogP contribution in [0.1, 0.15) is 0 Å². The summed E-state index contributed by atoms with van der Waals surface area (Å²) in [6.45, 7) is 0. The number of anilines is 2. The van der Waals surface area contributed by atoms with Gasteiger partial charge in [0.05, 0.1) is 0 Å². The smallest absolute Gasteiger partial charge is 0.230 e. The Morgan fingerprint density at radius 1 is 1.06 bits per heavy atom. The molecule has 0 bridgehead atoms. The summed E-state index contributed by atoms with van der Waals surface area (Å²) in [6.07, 6.45) is 0. The second-order valence-electron chi connectivity index (χ2n) is 3.93. The first kappa shape index (κ1) is 12.8. The minimum Gasteiger partial charge on any atom is -0.357 e. The van der Waals surface area contributed by atoms with Crippen molar-refractivity contribution in [2.75, 3.05) is 31.4 Å². The van der Waals surface area contributed by atoms with Gasteiger partial charge in [0.15, 0.2) is 5.82 Å². The average molecular weight is 308 g/mol. The lowest BCUT2D eigenvalue weighted by Crippen LogP contribution is -2.15. The number of aromatic nitrogens is 3. The molecule has 1 heterocycles. The lowest BCUT2D eigenvalue weighted by atomic mass is 10.2. The van der Waals surface area contributed by atoms with Crippen molar-refractivity contribution >= 4 is 27.8 Å². The first-order valence-corrected chi connectivity index (χ1v) is 6.26. The highest BCUT2D eigenvalue weighted by Crippen LogP contribution is 2.20. The number of nitrogens with zero attached hydrogens (tertiary/aromatic N) is 4. The number of rotatable bonds is 3. The molecule has 0 aliphatic rings. The topological polar surface area (TPSA) is 53.9 Å². The Morgan fingerprint density at radius 2 is 1.72 bits per heavy atom. The molecule has 0 atom stereocenters. The van der Waals surface area contributed by atoms with E-state index in [1.165, 1.54) is 0 Å². The summed E-state index contributed by atoms with van der Waals surface area (Å²) in [7, 11) is 5.60. The van der Waals surface area contributed by atoms with Crippen molar-refractivity contribution in [1.82, 2.24) is 15.0 Å².